The highest BCUT2D eigenvalue weighted by Crippen LogP contribution is 2.33. The normalized spacial score (nSPS) is 11.3. The molecule has 0 bridgehead atoms. The molecule has 23 heavy (non-hydrogen) atoms. The van der Waals surface area contributed by atoms with E-state index in [1.165, 1.54) is 24.3 Å². The SMILES string of the molecule is Cc1nc(C)c(C=CC=O)c(-c2ccc(F)cc2)c1C=CC=O. The number of aromatic nitrogens is 1. The average molecular weight is 309 g/mol. The van der Waals surface area contributed by atoms with Crippen LogP contribution in [0.15, 0.2) is 36.4 Å². The molecule has 0 aliphatic rings. The third kappa shape index (κ3) is 3.66. The maximum atomic E-state index is 13.2. The highest BCUT2D eigenvalue weighted by Gasteiger charge is 2.14. The molecule has 0 atom stereocenters. The van der Waals surface area contributed by atoms with Gasteiger partial charge >= 0.3 is 0 Å². The van der Waals surface area contributed by atoms with Gasteiger partial charge in [0.1, 0.15) is 18.4 Å². The number of aldehydes is 2. The van der Waals surface area contributed by atoms with Crippen LogP contribution in [0.4, 0.5) is 4.39 Å². The van der Waals surface area contributed by atoms with E-state index in [1.807, 2.05) is 13.8 Å². The summed E-state index contributed by atoms with van der Waals surface area (Å²) in [5.41, 5.74) is 4.63. The molecule has 0 saturated heterocycles. The van der Waals surface area contributed by atoms with Crippen molar-refractivity contribution >= 4 is 24.7 Å². The molecule has 1 heterocycles. The maximum Gasteiger partial charge on any atom is 0.142 e. The number of nitrogens with zero attached hydrogens (tertiary/aromatic N) is 1. The molecule has 0 N–H and O–H groups in total. The summed E-state index contributed by atoms with van der Waals surface area (Å²) in [6, 6.07) is 6.09. The fraction of sp³-hybridized carbons (Fsp3) is 0.105. The minimum Gasteiger partial charge on any atom is -0.299 e. The third-order valence-electron chi connectivity index (χ3n) is 3.47. The molecule has 0 aliphatic carbocycles. The molecule has 3 nitrogen and oxygen atoms in total. The predicted molar refractivity (Wildman–Crippen MR) is 89.3 cm³/mol. The molecule has 2 rings (SSSR count). The van der Waals surface area contributed by atoms with Crippen molar-refractivity contribution < 1.29 is 14.0 Å². The molecule has 116 valence electrons. The van der Waals surface area contributed by atoms with Crippen molar-refractivity contribution in [3.05, 3.63) is 64.7 Å². The summed E-state index contributed by atoms with van der Waals surface area (Å²) in [6.07, 6.45) is 7.50. The van der Waals surface area contributed by atoms with E-state index in [0.717, 1.165) is 33.6 Å². The van der Waals surface area contributed by atoms with E-state index in [4.69, 9.17) is 0 Å². The summed E-state index contributed by atoms with van der Waals surface area (Å²) in [6.45, 7) is 3.69. The first-order valence-corrected chi connectivity index (χ1v) is 7.09. The molecular formula is C19H16FNO2. The van der Waals surface area contributed by atoms with Gasteiger partial charge in [0.15, 0.2) is 0 Å². The zero-order chi connectivity index (χ0) is 16.8. The molecule has 0 unspecified atom stereocenters. The molecule has 0 radical (unpaired) electrons. The zero-order valence-corrected chi connectivity index (χ0v) is 12.9. The largest absolute Gasteiger partial charge is 0.299 e. The summed E-state index contributed by atoms with van der Waals surface area (Å²) >= 11 is 0. The lowest BCUT2D eigenvalue weighted by molar-refractivity contribution is -0.104. The Morgan fingerprint density at radius 1 is 0.870 bits per heavy atom. The van der Waals surface area contributed by atoms with Gasteiger partial charge in [0.05, 0.1) is 0 Å². The van der Waals surface area contributed by atoms with Crippen LogP contribution in [0.25, 0.3) is 23.3 Å². The number of pyridine rings is 1. The van der Waals surface area contributed by atoms with Gasteiger partial charge in [0.2, 0.25) is 0 Å². The Labute approximate surface area is 134 Å². The Hall–Kier alpha value is -2.88. The van der Waals surface area contributed by atoms with Crippen molar-refractivity contribution in [1.82, 2.24) is 4.98 Å². The number of hydrogen-bond acceptors (Lipinski definition) is 3. The lowest BCUT2D eigenvalue weighted by Gasteiger charge is -2.15. The van der Waals surface area contributed by atoms with Gasteiger partial charge in [0, 0.05) is 22.5 Å². The van der Waals surface area contributed by atoms with Crippen LogP contribution in [0.3, 0.4) is 0 Å². The van der Waals surface area contributed by atoms with Gasteiger partial charge in [-0.15, -0.1) is 0 Å². The van der Waals surface area contributed by atoms with E-state index >= 15 is 0 Å². The highest BCUT2D eigenvalue weighted by atomic mass is 19.1. The van der Waals surface area contributed by atoms with Crippen LogP contribution in [0.1, 0.15) is 22.5 Å². The first kappa shape index (κ1) is 16.5. The van der Waals surface area contributed by atoms with E-state index < -0.39 is 0 Å². The van der Waals surface area contributed by atoms with Crippen LogP contribution < -0.4 is 0 Å². The quantitative estimate of drug-likeness (QED) is 0.621. The van der Waals surface area contributed by atoms with E-state index in [0.29, 0.717) is 12.6 Å². The van der Waals surface area contributed by atoms with Gasteiger partial charge in [0.25, 0.3) is 0 Å². The predicted octanol–water partition coefficient (Wildman–Crippen LogP) is 3.93. The summed E-state index contributed by atoms with van der Waals surface area (Å²) < 4.78 is 13.2. The zero-order valence-electron chi connectivity index (χ0n) is 12.9. The van der Waals surface area contributed by atoms with Crippen molar-refractivity contribution in [2.45, 2.75) is 13.8 Å². The minimum atomic E-state index is -0.328. The lowest BCUT2D eigenvalue weighted by Crippen LogP contribution is -2.00. The number of rotatable bonds is 5. The monoisotopic (exact) mass is 309 g/mol. The van der Waals surface area contributed by atoms with Crippen LogP contribution in [0.2, 0.25) is 0 Å². The minimum absolute atomic E-state index is 0.328. The third-order valence-corrected chi connectivity index (χ3v) is 3.47. The van der Waals surface area contributed by atoms with Crippen molar-refractivity contribution in [1.29, 1.82) is 0 Å². The van der Waals surface area contributed by atoms with Gasteiger partial charge in [-0.05, 0) is 61.4 Å². The van der Waals surface area contributed by atoms with Crippen LogP contribution in [-0.4, -0.2) is 17.6 Å². The van der Waals surface area contributed by atoms with E-state index in [-0.39, 0.29) is 5.82 Å². The Morgan fingerprint density at radius 3 is 1.78 bits per heavy atom. The van der Waals surface area contributed by atoms with Gasteiger partial charge in [-0.3, -0.25) is 14.6 Å². The standard InChI is InChI=1S/C19H16FNO2/c1-13-17(5-3-11-22)19(15-7-9-16(20)10-8-15)18(6-4-12-23)14(2)21-13/h3-12H,1-2H3. The Kier molecular flexibility index (Phi) is 5.31. The van der Waals surface area contributed by atoms with Gasteiger partial charge in [-0.25, -0.2) is 4.39 Å². The van der Waals surface area contributed by atoms with Gasteiger partial charge in [-0.1, -0.05) is 12.1 Å². The second kappa shape index (κ2) is 7.40. The van der Waals surface area contributed by atoms with Crippen molar-refractivity contribution in [3.8, 4) is 11.1 Å². The van der Waals surface area contributed by atoms with E-state index in [9.17, 15) is 14.0 Å². The molecule has 0 amide bonds. The fourth-order valence-corrected chi connectivity index (χ4v) is 2.49. The van der Waals surface area contributed by atoms with Crippen LogP contribution in [0, 0.1) is 19.7 Å². The lowest BCUT2D eigenvalue weighted by atomic mass is 9.92. The molecule has 1 aromatic heterocycles. The summed E-state index contributed by atoms with van der Waals surface area (Å²) in [5, 5.41) is 0. The van der Waals surface area contributed by atoms with Crippen molar-refractivity contribution in [2.75, 3.05) is 0 Å². The molecule has 0 aliphatic heterocycles. The molecule has 0 fully saturated rings. The summed E-state index contributed by atoms with van der Waals surface area (Å²) in [7, 11) is 0. The fourth-order valence-electron chi connectivity index (χ4n) is 2.49. The highest BCUT2D eigenvalue weighted by molar-refractivity contribution is 5.89. The van der Waals surface area contributed by atoms with Crippen LogP contribution in [-0.2, 0) is 9.59 Å². The van der Waals surface area contributed by atoms with Crippen molar-refractivity contribution in [2.24, 2.45) is 0 Å². The second-order valence-electron chi connectivity index (χ2n) is 4.98. The number of carbonyl (C=O) groups excluding carboxylic acids is 2. The summed E-state index contributed by atoms with van der Waals surface area (Å²) in [5.74, 6) is -0.328. The van der Waals surface area contributed by atoms with Crippen LogP contribution in [0.5, 0.6) is 0 Å². The van der Waals surface area contributed by atoms with Crippen LogP contribution >= 0.6 is 0 Å². The van der Waals surface area contributed by atoms with Gasteiger partial charge < -0.3 is 0 Å². The molecule has 4 heteroatoms. The Bertz CT molecular complexity index is 748. The maximum absolute atomic E-state index is 13.2. The first-order chi connectivity index (χ1) is 11.1. The number of halogens is 1. The van der Waals surface area contributed by atoms with Gasteiger partial charge in [-0.2, -0.15) is 0 Å². The molecule has 2 aromatic rings. The first-order valence-electron chi connectivity index (χ1n) is 7.09. The smallest absolute Gasteiger partial charge is 0.142 e. The van der Waals surface area contributed by atoms with E-state index in [2.05, 4.69) is 4.98 Å². The topological polar surface area (TPSA) is 47.0 Å². The molecular weight excluding hydrogens is 293 g/mol. The Morgan fingerprint density at radius 2 is 1.35 bits per heavy atom. The number of benzene rings is 1. The van der Waals surface area contributed by atoms with E-state index in [1.54, 1.807) is 24.3 Å². The molecule has 0 saturated carbocycles. The number of aryl methyl sites for hydroxylation is 2. The Balaban J connectivity index is 2.83. The summed E-state index contributed by atoms with van der Waals surface area (Å²) in [4.78, 5) is 25.9. The number of allylic oxidation sites excluding steroid dienone is 2. The van der Waals surface area contributed by atoms with Crippen molar-refractivity contribution in [3.63, 3.8) is 0 Å². The average Bonchev–Trinajstić information content (AvgIpc) is 2.53. The number of hydrogen-bond donors (Lipinski definition) is 0. The molecule has 1 aromatic carbocycles. The number of carbonyl (C=O) groups is 2. The second-order valence-corrected chi connectivity index (χ2v) is 4.98. The molecule has 0 spiro atoms.